The molecule has 10 heteroatoms. The van der Waals surface area contributed by atoms with Crippen LogP contribution in [0.3, 0.4) is 0 Å². The average molecular weight is 347 g/mol. The van der Waals surface area contributed by atoms with E-state index in [9.17, 15) is 22.8 Å². The van der Waals surface area contributed by atoms with Crippen LogP contribution in [0.25, 0.3) is 0 Å². The van der Waals surface area contributed by atoms with Gasteiger partial charge in [0, 0.05) is 19.5 Å². The second kappa shape index (κ2) is 7.18. The summed E-state index contributed by atoms with van der Waals surface area (Å²) in [5.41, 5.74) is 5.13. The zero-order valence-corrected chi connectivity index (χ0v) is 13.3. The number of aromatic nitrogens is 3. The van der Waals surface area contributed by atoms with Crippen molar-refractivity contribution in [3.05, 3.63) is 11.6 Å². The van der Waals surface area contributed by atoms with E-state index in [1.54, 1.807) is 0 Å². The molecule has 0 bridgehead atoms. The standard InChI is InChI=1S/C14H20F3N5O2/c1-2-4-10-19-13(12(18)24)20-22(10)8-11(23)21-6-3-5-9(7-21)14(15,16)17/h9H,2-8H2,1H3,(H2,18,24). The zero-order chi connectivity index (χ0) is 17.9. The van der Waals surface area contributed by atoms with Crippen LogP contribution in [-0.4, -0.2) is 50.7 Å². The Morgan fingerprint density at radius 1 is 1.38 bits per heavy atom. The fraction of sp³-hybridized carbons (Fsp3) is 0.714. The van der Waals surface area contributed by atoms with E-state index in [4.69, 9.17) is 5.73 Å². The minimum atomic E-state index is -4.31. The van der Waals surface area contributed by atoms with Gasteiger partial charge in [-0.2, -0.15) is 13.2 Å². The van der Waals surface area contributed by atoms with Crippen LogP contribution in [0.1, 0.15) is 42.6 Å². The molecule has 0 saturated carbocycles. The number of rotatable bonds is 5. The van der Waals surface area contributed by atoms with Crippen LogP contribution in [0.5, 0.6) is 0 Å². The van der Waals surface area contributed by atoms with Crippen LogP contribution in [0.15, 0.2) is 0 Å². The van der Waals surface area contributed by atoms with E-state index < -0.39 is 23.9 Å². The second-order valence-electron chi connectivity index (χ2n) is 5.84. The van der Waals surface area contributed by atoms with Gasteiger partial charge in [-0.25, -0.2) is 9.67 Å². The van der Waals surface area contributed by atoms with Gasteiger partial charge in [0.25, 0.3) is 5.91 Å². The maximum absolute atomic E-state index is 12.8. The third kappa shape index (κ3) is 4.24. The van der Waals surface area contributed by atoms with Crippen LogP contribution < -0.4 is 5.73 Å². The average Bonchev–Trinajstić information content (AvgIpc) is 2.90. The number of carbonyl (C=O) groups excluding carboxylic acids is 2. The SMILES string of the molecule is CCCc1nc(C(N)=O)nn1CC(=O)N1CCCC(C(F)(F)F)C1. The number of piperidine rings is 1. The van der Waals surface area contributed by atoms with Crippen molar-refractivity contribution in [3.63, 3.8) is 0 Å². The third-order valence-electron chi connectivity index (χ3n) is 3.96. The summed E-state index contributed by atoms with van der Waals surface area (Å²) < 4.78 is 39.8. The molecular formula is C14H20F3N5O2. The molecule has 1 saturated heterocycles. The number of amides is 2. The third-order valence-corrected chi connectivity index (χ3v) is 3.96. The highest BCUT2D eigenvalue weighted by Crippen LogP contribution is 2.33. The molecule has 1 unspecified atom stereocenters. The molecular weight excluding hydrogens is 327 g/mol. The number of hydrogen-bond acceptors (Lipinski definition) is 4. The minimum absolute atomic E-state index is 0.0313. The summed E-state index contributed by atoms with van der Waals surface area (Å²) in [6.07, 6.45) is -2.77. The maximum Gasteiger partial charge on any atom is 0.393 e. The molecule has 1 fully saturated rings. The lowest BCUT2D eigenvalue weighted by atomic mass is 9.97. The highest BCUT2D eigenvalue weighted by molar-refractivity contribution is 5.88. The molecule has 24 heavy (non-hydrogen) atoms. The summed E-state index contributed by atoms with van der Waals surface area (Å²) in [7, 11) is 0. The number of halogens is 3. The van der Waals surface area contributed by atoms with Crippen molar-refractivity contribution in [2.75, 3.05) is 13.1 Å². The first-order valence-electron chi connectivity index (χ1n) is 7.80. The summed E-state index contributed by atoms with van der Waals surface area (Å²) in [6, 6.07) is 0. The van der Waals surface area contributed by atoms with E-state index in [0.717, 1.165) is 0 Å². The Labute approximate surface area is 137 Å². The number of primary amides is 1. The van der Waals surface area contributed by atoms with Gasteiger partial charge < -0.3 is 10.6 Å². The molecule has 0 aliphatic carbocycles. The number of nitrogens with zero attached hydrogens (tertiary/aromatic N) is 4. The van der Waals surface area contributed by atoms with Crippen LogP contribution in [0.4, 0.5) is 13.2 Å². The predicted octanol–water partition coefficient (Wildman–Crippen LogP) is 1.13. The Bertz CT molecular complexity index is 614. The fourth-order valence-electron chi connectivity index (χ4n) is 2.71. The van der Waals surface area contributed by atoms with Crippen molar-refractivity contribution in [3.8, 4) is 0 Å². The van der Waals surface area contributed by atoms with Crippen molar-refractivity contribution in [1.29, 1.82) is 0 Å². The molecule has 2 N–H and O–H groups in total. The first-order valence-corrected chi connectivity index (χ1v) is 7.80. The largest absolute Gasteiger partial charge is 0.393 e. The van der Waals surface area contributed by atoms with Crippen molar-refractivity contribution >= 4 is 11.8 Å². The molecule has 0 aromatic carbocycles. The van der Waals surface area contributed by atoms with Gasteiger partial charge >= 0.3 is 6.18 Å². The summed E-state index contributed by atoms with van der Waals surface area (Å²) in [4.78, 5) is 28.7. The van der Waals surface area contributed by atoms with Crippen LogP contribution in [0.2, 0.25) is 0 Å². The van der Waals surface area contributed by atoms with Crippen molar-refractivity contribution in [2.24, 2.45) is 11.7 Å². The molecule has 2 rings (SSSR count). The number of likely N-dealkylation sites (tertiary alicyclic amines) is 1. The van der Waals surface area contributed by atoms with Crippen LogP contribution in [-0.2, 0) is 17.8 Å². The second-order valence-corrected chi connectivity index (χ2v) is 5.84. The first-order chi connectivity index (χ1) is 11.2. The monoisotopic (exact) mass is 347 g/mol. The maximum atomic E-state index is 12.8. The number of alkyl halides is 3. The van der Waals surface area contributed by atoms with Crippen molar-refractivity contribution in [1.82, 2.24) is 19.7 Å². The Kier molecular flexibility index (Phi) is 5.45. The van der Waals surface area contributed by atoms with E-state index in [0.29, 0.717) is 25.1 Å². The van der Waals surface area contributed by atoms with E-state index in [1.807, 2.05) is 6.92 Å². The van der Waals surface area contributed by atoms with Crippen LogP contribution >= 0.6 is 0 Å². The highest BCUT2D eigenvalue weighted by Gasteiger charge is 2.42. The lowest BCUT2D eigenvalue weighted by Gasteiger charge is -2.33. The Hall–Kier alpha value is -2.13. The van der Waals surface area contributed by atoms with Gasteiger partial charge in [0.1, 0.15) is 12.4 Å². The summed E-state index contributed by atoms with van der Waals surface area (Å²) >= 11 is 0. The van der Waals surface area contributed by atoms with E-state index >= 15 is 0 Å². The smallest absolute Gasteiger partial charge is 0.363 e. The zero-order valence-electron chi connectivity index (χ0n) is 13.3. The summed E-state index contributed by atoms with van der Waals surface area (Å²) in [5.74, 6) is -2.56. The first kappa shape index (κ1) is 18.2. The number of aryl methyl sites for hydroxylation is 1. The van der Waals surface area contributed by atoms with Gasteiger partial charge in [-0.05, 0) is 19.3 Å². The summed E-state index contributed by atoms with van der Waals surface area (Å²) in [6.45, 7) is 1.58. The Balaban J connectivity index is 2.10. The Morgan fingerprint density at radius 2 is 2.08 bits per heavy atom. The molecule has 1 aromatic rings. The molecule has 2 amide bonds. The van der Waals surface area contributed by atoms with E-state index in [-0.39, 0.29) is 31.9 Å². The molecule has 7 nitrogen and oxygen atoms in total. The van der Waals surface area contributed by atoms with E-state index in [1.165, 1.54) is 9.58 Å². The predicted molar refractivity (Wildman–Crippen MR) is 77.9 cm³/mol. The van der Waals surface area contributed by atoms with E-state index in [2.05, 4.69) is 10.1 Å². The topological polar surface area (TPSA) is 94.1 Å². The van der Waals surface area contributed by atoms with Gasteiger partial charge in [0.15, 0.2) is 0 Å². The molecule has 2 heterocycles. The minimum Gasteiger partial charge on any atom is -0.363 e. The lowest BCUT2D eigenvalue weighted by Crippen LogP contribution is -2.45. The van der Waals surface area contributed by atoms with Crippen molar-refractivity contribution in [2.45, 2.75) is 45.3 Å². The van der Waals surface area contributed by atoms with Gasteiger partial charge in [-0.1, -0.05) is 6.92 Å². The van der Waals surface area contributed by atoms with Crippen molar-refractivity contribution < 1.29 is 22.8 Å². The highest BCUT2D eigenvalue weighted by atomic mass is 19.4. The van der Waals surface area contributed by atoms with Gasteiger partial charge in [-0.15, -0.1) is 5.10 Å². The summed E-state index contributed by atoms with van der Waals surface area (Å²) in [5, 5.41) is 3.89. The molecule has 134 valence electrons. The fourth-order valence-corrected chi connectivity index (χ4v) is 2.71. The van der Waals surface area contributed by atoms with Gasteiger partial charge in [0.05, 0.1) is 5.92 Å². The molecule has 1 aromatic heterocycles. The van der Waals surface area contributed by atoms with Gasteiger partial charge in [-0.3, -0.25) is 9.59 Å². The number of carbonyl (C=O) groups is 2. The molecule has 1 aliphatic rings. The number of nitrogens with two attached hydrogens (primary N) is 1. The number of hydrogen-bond donors (Lipinski definition) is 1. The molecule has 1 atom stereocenters. The van der Waals surface area contributed by atoms with Gasteiger partial charge in [0.2, 0.25) is 11.7 Å². The normalized spacial score (nSPS) is 18.7. The van der Waals surface area contributed by atoms with Crippen LogP contribution in [0, 0.1) is 5.92 Å². The molecule has 1 aliphatic heterocycles. The quantitative estimate of drug-likeness (QED) is 0.864. The lowest BCUT2D eigenvalue weighted by molar-refractivity contribution is -0.188. The molecule has 0 radical (unpaired) electrons. The molecule has 0 spiro atoms. The Morgan fingerprint density at radius 3 is 2.67 bits per heavy atom.